The summed E-state index contributed by atoms with van der Waals surface area (Å²) in [6.45, 7) is 5.62. The minimum atomic E-state index is -0.0337. The number of amides is 2. The molecule has 0 bridgehead atoms. The summed E-state index contributed by atoms with van der Waals surface area (Å²) in [5.74, 6) is 2.39. The first kappa shape index (κ1) is 28.4. The van der Waals surface area contributed by atoms with Gasteiger partial charge in [0, 0.05) is 54.7 Å². The molecule has 0 radical (unpaired) electrons. The van der Waals surface area contributed by atoms with Crippen molar-refractivity contribution >= 4 is 23.6 Å². The van der Waals surface area contributed by atoms with E-state index in [0.717, 1.165) is 51.3 Å². The number of piperazine rings is 1. The molecule has 1 aliphatic heterocycles. The molecule has 5 rings (SSSR count). The first-order valence-corrected chi connectivity index (χ1v) is 14.9. The number of aromatic nitrogens is 3. The van der Waals surface area contributed by atoms with Crippen molar-refractivity contribution in [3.63, 3.8) is 0 Å². The Morgan fingerprint density at radius 1 is 0.976 bits per heavy atom. The van der Waals surface area contributed by atoms with Gasteiger partial charge in [-0.05, 0) is 56.2 Å². The van der Waals surface area contributed by atoms with E-state index < -0.39 is 0 Å². The maximum absolute atomic E-state index is 13.1. The van der Waals surface area contributed by atoms with Crippen LogP contribution in [-0.4, -0.2) is 74.9 Å². The summed E-state index contributed by atoms with van der Waals surface area (Å²) in [5.41, 5.74) is 3.59. The van der Waals surface area contributed by atoms with Crippen LogP contribution in [0.5, 0.6) is 5.75 Å². The zero-order chi connectivity index (χ0) is 28.8. The van der Waals surface area contributed by atoms with Crippen LogP contribution < -0.4 is 4.74 Å². The third-order valence-electron chi connectivity index (χ3n) is 7.36. The van der Waals surface area contributed by atoms with E-state index in [-0.39, 0.29) is 17.9 Å². The molecule has 41 heavy (non-hydrogen) atoms. The van der Waals surface area contributed by atoms with Gasteiger partial charge in [-0.2, -0.15) is 0 Å². The SMILES string of the molecule is COc1cccc(-c2nnc(SCCCC(=O)N3CCN(C(=O)c4ccccc4C)C(C)C3)n2-c2ccccc2)c1. The highest BCUT2D eigenvalue weighted by Gasteiger charge is 2.30. The number of methoxy groups -OCH3 is 1. The molecule has 1 saturated heterocycles. The van der Waals surface area contributed by atoms with Crippen LogP contribution >= 0.6 is 11.8 Å². The predicted octanol–water partition coefficient (Wildman–Crippen LogP) is 5.50. The second kappa shape index (κ2) is 13.0. The van der Waals surface area contributed by atoms with Gasteiger partial charge < -0.3 is 14.5 Å². The monoisotopic (exact) mass is 569 g/mol. The van der Waals surface area contributed by atoms with Crippen molar-refractivity contribution in [2.45, 2.75) is 37.9 Å². The molecular formula is C32H35N5O3S. The van der Waals surface area contributed by atoms with Gasteiger partial charge in [-0.3, -0.25) is 14.2 Å². The molecular weight excluding hydrogens is 534 g/mol. The largest absolute Gasteiger partial charge is 0.497 e. The third kappa shape index (κ3) is 6.46. The van der Waals surface area contributed by atoms with E-state index in [2.05, 4.69) is 10.2 Å². The standard InChI is InChI=1S/C32H35N5O3S/c1-23-11-7-8-16-28(23)31(39)36-19-18-35(22-24(36)2)29(38)17-10-20-41-32-34-33-30(25-12-9-15-27(21-25)40-3)37(32)26-13-5-4-6-14-26/h4-9,11-16,21,24H,10,17-20,22H2,1-3H3. The number of hydrogen-bond donors (Lipinski definition) is 0. The molecule has 212 valence electrons. The summed E-state index contributed by atoms with van der Waals surface area (Å²) in [4.78, 5) is 30.0. The van der Waals surface area contributed by atoms with E-state index in [1.807, 2.05) is 107 Å². The number of ether oxygens (including phenoxy) is 1. The average Bonchev–Trinajstić information content (AvgIpc) is 3.43. The number of para-hydroxylation sites is 1. The van der Waals surface area contributed by atoms with E-state index in [0.29, 0.717) is 26.1 Å². The Hall–Kier alpha value is -4.11. The minimum Gasteiger partial charge on any atom is -0.497 e. The minimum absolute atomic E-state index is 0.0337. The van der Waals surface area contributed by atoms with Crippen molar-refractivity contribution in [2.75, 3.05) is 32.5 Å². The maximum atomic E-state index is 13.1. The van der Waals surface area contributed by atoms with Crippen molar-refractivity contribution in [2.24, 2.45) is 0 Å². The second-order valence-electron chi connectivity index (χ2n) is 10.2. The van der Waals surface area contributed by atoms with E-state index in [1.165, 1.54) is 0 Å². The van der Waals surface area contributed by atoms with Crippen LogP contribution in [0.25, 0.3) is 17.1 Å². The molecule has 0 aliphatic carbocycles. The summed E-state index contributed by atoms with van der Waals surface area (Å²) < 4.78 is 7.46. The molecule has 2 heterocycles. The summed E-state index contributed by atoms with van der Waals surface area (Å²) >= 11 is 1.59. The second-order valence-corrected chi connectivity index (χ2v) is 11.2. The van der Waals surface area contributed by atoms with Gasteiger partial charge in [0.15, 0.2) is 11.0 Å². The van der Waals surface area contributed by atoms with Crippen LogP contribution in [0.4, 0.5) is 0 Å². The Kier molecular flexibility index (Phi) is 9.04. The molecule has 1 aliphatic rings. The number of benzene rings is 3. The first-order chi connectivity index (χ1) is 20.0. The van der Waals surface area contributed by atoms with Crippen LogP contribution in [0.3, 0.4) is 0 Å². The van der Waals surface area contributed by atoms with Crippen molar-refractivity contribution < 1.29 is 14.3 Å². The number of hydrogen-bond acceptors (Lipinski definition) is 6. The molecule has 9 heteroatoms. The molecule has 2 amide bonds. The lowest BCUT2D eigenvalue weighted by Gasteiger charge is -2.40. The van der Waals surface area contributed by atoms with Crippen molar-refractivity contribution in [1.82, 2.24) is 24.6 Å². The molecule has 1 unspecified atom stereocenters. The molecule has 1 fully saturated rings. The van der Waals surface area contributed by atoms with Gasteiger partial charge in [0.05, 0.1) is 7.11 Å². The number of rotatable bonds is 9. The molecule has 8 nitrogen and oxygen atoms in total. The lowest BCUT2D eigenvalue weighted by Crippen LogP contribution is -2.55. The Bertz CT molecular complexity index is 1510. The smallest absolute Gasteiger partial charge is 0.254 e. The Balaban J connectivity index is 1.19. The molecule has 1 atom stereocenters. The number of nitrogens with zero attached hydrogens (tertiary/aromatic N) is 5. The number of carbonyl (C=O) groups excluding carboxylic acids is 2. The van der Waals surface area contributed by atoms with Gasteiger partial charge in [0.2, 0.25) is 5.91 Å². The van der Waals surface area contributed by atoms with Crippen molar-refractivity contribution in [3.05, 3.63) is 90.0 Å². The molecule has 0 saturated carbocycles. The Morgan fingerprint density at radius 2 is 1.76 bits per heavy atom. The van der Waals surface area contributed by atoms with Crippen LogP contribution in [0.2, 0.25) is 0 Å². The highest BCUT2D eigenvalue weighted by Crippen LogP contribution is 2.30. The van der Waals surface area contributed by atoms with Crippen molar-refractivity contribution in [1.29, 1.82) is 0 Å². The van der Waals surface area contributed by atoms with E-state index in [1.54, 1.807) is 18.9 Å². The highest BCUT2D eigenvalue weighted by atomic mass is 32.2. The number of aryl methyl sites for hydroxylation is 1. The fourth-order valence-electron chi connectivity index (χ4n) is 5.12. The Morgan fingerprint density at radius 3 is 2.51 bits per heavy atom. The average molecular weight is 570 g/mol. The van der Waals surface area contributed by atoms with Gasteiger partial charge >= 0.3 is 0 Å². The first-order valence-electron chi connectivity index (χ1n) is 13.9. The lowest BCUT2D eigenvalue weighted by atomic mass is 10.1. The summed E-state index contributed by atoms with van der Waals surface area (Å²) in [5, 5.41) is 9.79. The van der Waals surface area contributed by atoms with Gasteiger partial charge in [-0.25, -0.2) is 0 Å². The fourth-order valence-corrected chi connectivity index (χ4v) is 6.01. The third-order valence-corrected chi connectivity index (χ3v) is 8.37. The van der Waals surface area contributed by atoms with Gasteiger partial charge in [0.1, 0.15) is 5.75 Å². The summed E-state index contributed by atoms with van der Waals surface area (Å²) in [6, 6.07) is 25.5. The summed E-state index contributed by atoms with van der Waals surface area (Å²) in [7, 11) is 1.65. The van der Waals surface area contributed by atoms with Gasteiger partial charge in [-0.15, -0.1) is 10.2 Å². The molecule has 4 aromatic rings. The Labute approximate surface area is 245 Å². The van der Waals surface area contributed by atoms with Crippen LogP contribution in [0.1, 0.15) is 35.7 Å². The molecule has 3 aromatic carbocycles. The molecule has 0 spiro atoms. The van der Waals surface area contributed by atoms with Crippen LogP contribution in [0.15, 0.2) is 84.0 Å². The number of thioether (sulfide) groups is 1. The summed E-state index contributed by atoms with van der Waals surface area (Å²) in [6.07, 6.45) is 1.17. The molecule has 0 N–H and O–H groups in total. The van der Waals surface area contributed by atoms with Crippen molar-refractivity contribution in [3.8, 4) is 22.8 Å². The highest BCUT2D eigenvalue weighted by molar-refractivity contribution is 7.99. The van der Waals surface area contributed by atoms with Crippen LogP contribution in [-0.2, 0) is 4.79 Å². The maximum Gasteiger partial charge on any atom is 0.254 e. The predicted molar refractivity (Wildman–Crippen MR) is 162 cm³/mol. The van der Waals surface area contributed by atoms with Gasteiger partial charge in [-0.1, -0.05) is 60.3 Å². The van der Waals surface area contributed by atoms with E-state index in [9.17, 15) is 9.59 Å². The normalized spacial score (nSPS) is 15.1. The fraction of sp³-hybridized carbons (Fsp3) is 0.312. The van der Waals surface area contributed by atoms with E-state index >= 15 is 0 Å². The topological polar surface area (TPSA) is 80.6 Å². The molecule has 1 aromatic heterocycles. The quantitative estimate of drug-likeness (QED) is 0.196. The zero-order valence-corrected chi connectivity index (χ0v) is 24.5. The lowest BCUT2D eigenvalue weighted by molar-refractivity contribution is -0.133. The van der Waals surface area contributed by atoms with Gasteiger partial charge in [0.25, 0.3) is 5.91 Å². The number of carbonyl (C=O) groups is 2. The van der Waals surface area contributed by atoms with E-state index in [4.69, 9.17) is 4.74 Å². The zero-order valence-electron chi connectivity index (χ0n) is 23.7. The van der Waals surface area contributed by atoms with Crippen LogP contribution in [0, 0.1) is 6.92 Å².